The lowest BCUT2D eigenvalue weighted by molar-refractivity contribution is 0.0224. The molecule has 0 radical (unpaired) electrons. The van der Waals surface area contributed by atoms with Crippen LogP contribution in [0.5, 0.6) is 11.5 Å². The number of aryl methyl sites for hydroxylation is 2. The van der Waals surface area contributed by atoms with Crippen molar-refractivity contribution in [1.29, 1.82) is 0 Å². The van der Waals surface area contributed by atoms with Gasteiger partial charge in [0.1, 0.15) is 11.5 Å². The van der Waals surface area contributed by atoms with Crippen molar-refractivity contribution in [2.24, 2.45) is 0 Å². The molecule has 0 saturated carbocycles. The van der Waals surface area contributed by atoms with Crippen LogP contribution in [-0.2, 0) is 10.3 Å². The third-order valence-corrected chi connectivity index (χ3v) is 8.01. The molecule has 0 saturated heterocycles. The van der Waals surface area contributed by atoms with E-state index in [1.54, 1.807) is 0 Å². The van der Waals surface area contributed by atoms with E-state index in [9.17, 15) is 4.79 Å². The van der Waals surface area contributed by atoms with Gasteiger partial charge in [-0.05, 0) is 81.4 Å². The van der Waals surface area contributed by atoms with Gasteiger partial charge in [-0.3, -0.25) is 0 Å². The number of nitrogens with one attached hydrogen (secondary N) is 1. The highest BCUT2D eigenvalue weighted by atomic mass is 16.6. The zero-order valence-corrected chi connectivity index (χ0v) is 23.3. The van der Waals surface area contributed by atoms with Crippen molar-refractivity contribution in [1.82, 2.24) is 0 Å². The maximum absolute atomic E-state index is 13.3. The lowest BCUT2D eigenvalue weighted by Crippen LogP contribution is -2.33. The molecule has 2 aliphatic heterocycles. The predicted octanol–water partition coefficient (Wildman–Crippen LogP) is 8.77. The summed E-state index contributed by atoms with van der Waals surface area (Å²) in [5.41, 5.74) is 8.25. The topological polar surface area (TPSA) is 50.8 Å². The zero-order chi connectivity index (χ0) is 28.1. The molecule has 0 amide bonds. The van der Waals surface area contributed by atoms with Crippen LogP contribution < -0.4 is 15.0 Å². The Morgan fingerprint density at radius 1 is 0.683 bits per heavy atom. The summed E-state index contributed by atoms with van der Waals surface area (Å²) < 4.78 is 13.0. The Labute approximate surface area is 240 Å². The van der Waals surface area contributed by atoms with Gasteiger partial charge in [0.05, 0.1) is 5.56 Å². The van der Waals surface area contributed by atoms with E-state index in [4.69, 9.17) is 9.47 Å². The van der Waals surface area contributed by atoms with Gasteiger partial charge in [-0.1, -0.05) is 53.6 Å². The lowest BCUT2D eigenvalue weighted by atomic mass is 9.77. The fourth-order valence-electron chi connectivity index (χ4n) is 5.95. The van der Waals surface area contributed by atoms with E-state index in [0.717, 1.165) is 46.0 Å². The van der Waals surface area contributed by atoms with Gasteiger partial charge >= 0.3 is 5.97 Å². The Hall–Kier alpha value is -5.03. The van der Waals surface area contributed by atoms with E-state index in [1.165, 1.54) is 11.1 Å². The van der Waals surface area contributed by atoms with Crippen molar-refractivity contribution < 1.29 is 14.3 Å². The Kier molecular flexibility index (Phi) is 5.82. The van der Waals surface area contributed by atoms with Crippen molar-refractivity contribution in [3.8, 4) is 11.5 Å². The summed E-state index contributed by atoms with van der Waals surface area (Å²) >= 11 is 0. The van der Waals surface area contributed by atoms with Crippen LogP contribution in [0.2, 0.25) is 0 Å². The number of carbonyl (C=O) groups is 1. The standard InChI is InChI=1S/C36H30N2O3/c1-4-38(27-16-11-24(3)12-17-27)28-18-19-31-34(22-28)40-33-20-15-26(37-25-13-9-23(2)10-14-25)21-32(33)36(31)30-8-6-5-7-29(30)35(39)41-36/h5-22,37H,4H2,1-3H3. The molecule has 5 heteroatoms. The molecule has 0 bridgehead atoms. The molecule has 1 unspecified atom stereocenters. The van der Waals surface area contributed by atoms with E-state index >= 15 is 0 Å². The molecule has 41 heavy (non-hydrogen) atoms. The molecule has 5 aromatic rings. The van der Waals surface area contributed by atoms with E-state index in [2.05, 4.69) is 91.7 Å². The van der Waals surface area contributed by atoms with Crippen molar-refractivity contribution in [3.63, 3.8) is 0 Å². The Balaban J connectivity index is 1.38. The number of anilines is 4. The van der Waals surface area contributed by atoms with Gasteiger partial charge in [0.25, 0.3) is 0 Å². The summed E-state index contributed by atoms with van der Waals surface area (Å²) in [4.78, 5) is 15.6. The molecule has 5 nitrogen and oxygen atoms in total. The van der Waals surface area contributed by atoms with Crippen LogP contribution in [0.1, 0.15) is 45.1 Å². The molecule has 0 aliphatic carbocycles. The first-order chi connectivity index (χ1) is 20.0. The van der Waals surface area contributed by atoms with Crippen molar-refractivity contribution in [2.45, 2.75) is 26.4 Å². The van der Waals surface area contributed by atoms with Gasteiger partial charge < -0.3 is 19.7 Å². The highest BCUT2D eigenvalue weighted by molar-refractivity contribution is 5.97. The minimum atomic E-state index is -1.12. The van der Waals surface area contributed by atoms with Crippen molar-refractivity contribution >= 4 is 28.7 Å². The second kappa shape index (κ2) is 9.56. The van der Waals surface area contributed by atoms with Crippen LogP contribution in [0, 0.1) is 13.8 Å². The molecule has 1 N–H and O–H groups in total. The highest BCUT2D eigenvalue weighted by Crippen LogP contribution is 2.57. The highest BCUT2D eigenvalue weighted by Gasteiger charge is 2.53. The molecule has 0 fully saturated rings. The number of esters is 1. The molecule has 2 heterocycles. The second-order valence-corrected chi connectivity index (χ2v) is 10.7. The quantitative estimate of drug-likeness (QED) is 0.227. The number of nitrogens with zero attached hydrogens (tertiary/aromatic N) is 1. The SMILES string of the molecule is CCN(c1ccc(C)cc1)c1ccc2c(c1)Oc1ccc(Nc3ccc(C)cc3)cc1C21OC(=O)c2ccccc21. The number of ether oxygens (including phenoxy) is 2. The van der Waals surface area contributed by atoms with Crippen molar-refractivity contribution in [3.05, 3.63) is 143 Å². The zero-order valence-electron chi connectivity index (χ0n) is 23.3. The summed E-state index contributed by atoms with van der Waals surface area (Å²) in [6, 6.07) is 36.6. The maximum atomic E-state index is 13.3. The van der Waals surface area contributed by atoms with Crippen LogP contribution in [0.4, 0.5) is 22.7 Å². The van der Waals surface area contributed by atoms with Crippen LogP contribution in [-0.4, -0.2) is 12.5 Å². The number of hydrogen-bond donors (Lipinski definition) is 1. The third kappa shape index (κ3) is 4.04. The average molecular weight is 539 g/mol. The second-order valence-electron chi connectivity index (χ2n) is 10.7. The predicted molar refractivity (Wildman–Crippen MR) is 163 cm³/mol. The Bertz CT molecular complexity index is 1790. The smallest absolute Gasteiger partial charge is 0.340 e. The molecule has 1 spiro atoms. The fraction of sp³-hybridized carbons (Fsp3) is 0.139. The van der Waals surface area contributed by atoms with Gasteiger partial charge in [0.2, 0.25) is 0 Å². The average Bonchev–Trinajstić information content (AvgIpc) is 3.29. The van der Waals surface area contributed by atoms with Crippen LogP contribution in [0.15, 0.2) is 109 Å². The minimum Gasteiger partial charge on any atom is -0.456 e. The number of fused-ring (bicyclic) bond motifs is 6. The summed E-state index contributed by atoms with van der Waals surface area (Å²) in [7, 11) is 0. The number of rotatable bonds is 5. The largest absolute Gasteiger partial charge is 0.456 e. The minimum absolute atomic E-state index is 0.338. The van der Waals surface area contributed by atoms with E-state index < -0.39 is 5.60 Å². The van der Waals surface area contributed by atoms with Gasteiger partial charge in [0.15, 0.2) is 5.60 Å². The van der Waals surface area contributed by atoms with Gasteiger partial charge in [-0.2, -0.15) is 0 Å². The van der Waals surface area contributed by atoms with E-state index in [1.807, 2.05) is 48.5 Å². The Morgan fingerprint density at radius 2 is 1.37 bits per heavy atom. The normalized spacial score (nSPS) is 16.3. The summed E-state index contributed by atoms with van der Waals surface area (Å²) in [5, 5.41) is 3.50. The molecular weight excluding hydrogens is 508 g/mol. The third-order valence-electron chi connectivity index (χ3n) is 8.01. The summed E-state index contributed by atoms with van der Waals surface area (Å²) in [6.45, 7) is 7.08. The summed E-state index contributed by atoms with van der Waals surface area (Å²) in [6.07, 6.45) is 0. The van der Waals surface area contributed by atoms with Crippen LogP contribution in [0.3, 0.4) is 0 Å². The maximum Gasteiger partial charge on any atom is 0.340 e. The first kappa shape index (κ1) is 25.0. The first-order valence-corrected chi connectivity index (χ1v) is 13.9. The fourth-order valence-corrected chi connectivity index (χ4v) is 5.95. The summed E-state index contributed by atoms with van der Waals surface area (Å²) in [5.74, 6) is 0.992. The number of hydrogen-bond acceptors (Lipinski definition) is 5. The monoisotopic (exact) mass is 538 g/mol. The number of carbonyl (C=O) groups excluding carboxylic acids is 1. The molecule has 2 aliphatic rings. The molecule has 5 aromatic carbocycles. The van der Waals surface area contributed by atoms with E-state index in [0.29, 0.717) is 17.1 Å². The van der Waals surface area contributed by atoms with Crippen molar-refractivity contribution in [2.75, 3.05) is 16.8 Å². The molecule has 7 rings (SSSR count). The van der Waals surface area contributed by atoms with Crippen LogP contribution >= 0.6 is 0 Å². The first-order valence-electron chi connectivity index (χ1n) is 13.9. The molecule has 0 aromatic heterocycles. The van der Waals surface area contributed by atoms with Gasteiger partial charge in [-0.15, -0.1) is 0 Å². The molecular formula is C36H30N2O3. The van der Waals surface area contributed by atoms with E-state index in [-0.39, 0.29) is 5.97 Å². The molecule has 202 valence electrons. The number of benzene rings is 5. The lowest BCUT2D eigenvalue weighted by Gasteiger charge is -2.37. The Morgan fingerprint density at radius 3 is 2.12 bits per heavy atom. The van der Waals surface area contributed by atoms with Gasteiger partial charge in [0, 0.05) is 52.1 Å². The van der Waals surface area contributed by atoms with Crippen LogP contribution in [0.25, 0.3) is 0 Å². The molecule has 1 atom stereocenters. The van der Waals surface area contributed by atoms with Gasteiger partial charge in [-0.25, -0.2) is 4.79 Å².